The molecule has 0 radical (unpaired) electrons. The van der Waals surface area contributed by atoms with E-state index >= 15 is 0 Å². The number of amides is 1. The minimum Gasteiger partial charge on any atom is -0.394 e. The summed E-state index contributed by atoms with van der Waals surface area (Å²) in [5, 5.41) is 11.6. The maximum atomic E-state index is 11.7. The van der Waals surface area contributed by atoms with Crippen LogP contribution in [0.2, 0.25) is 0 Å². The maximum Gasteiger partial charge on any atom is 0.247 e. The van der Waals surface area contributed by atoms with Gasteiger partial charge in [0, 0.05) is 11.6 Å². The number of allylic oxidation sites excluding steroid dienone is 3. The van der Waals surface area contributed by atoms with Crippen molar-refractivity contribution in [2.45, 2.75) is 78.2 Å². The van der Waals surface area contributed by atoms with Gasteiger partial charge in [-0.1, -0.05) is 63.7 Å². The molecule has 0 aliphatic carbocycles. The average Bonchev–Trinajstić information content (AvgIpc) is 2.48. The Bertz CT molecular complexity index is 321. The van der Waals surface area contributed by atoms with E-state index in [1.807, 2.05) is 12.2 Å². The fourth-order valence-electron chi connectivity index (χ4n) is 1.99. The van der Waals surface area contributed by atoms with Crippen molar-refractivity contribution in [1.29, 1.82) is 0 Å². The highest BCUT2D eigenvalue weighted by atomic mass is 16.3. The summed E-state index contributed by atoms with van der Waals surface area (Å²) in [6.07, 6.45) is 16.2. The predicted octanol–water partition coefficient (Wildman–Crippen LogP) is 4.13. The van der Waals surface area contributed by atoms with E-state index < -0.39 is 0 Å². The van der Waals surface area contributed by atoms with Crippen molar-refractivity contribution in [3.63, 3.8) is 0 Å². The monoisotopic (exact) mass is 295 g/mol. The third-order valence-corrected chi connectivity index (χ3v) is 3.47. The zero-order chi connectivity index (χ0) is 15.9. The second-order valence-electron chi connectivity index (χ2n) is 5.74. The van der Waals surface area contributed by atoms with E-state index in [-0.39, 0.29) is 18.6 Å². The van der Waals surface area contributed by atoms with Crippen molar-refractivity contribution < 1.29 is 9.90 Å². The van der Waals surface area contributed by atoms with Crippen molar-refractivity contribution in [3.8, 4) is 0 Å². The molecular weight excluding hydrogens is 262 g/mol. The molecule has 0 aliphatic rings. The summed E-state index contributed by atoms with van der Waals surface area (Å²) >= 11 is 0. The van der Waals surface area contributed by atoms with E-state index in [4.69, 9.17) is 5.11 Å². The topological polar surface area (TPSA) is 49.3 Å². The normalized spacial score (nSPS) is 13.6. The summed E-state index contributed by atoms with van der Waals surface area (Å²) in [5.41, 5.74) is 0.672. The molecule has 1 atom stereocenters. The lowest BCUT2D eigenvalue weighted by atomic mass is 10.1. The van der Waals surface area contributed by atoms with Crippen LogP contribution in [0, 0.1) is 0 Å². The number of carbonyl (C=O) groups is 1. The first kappa shape index (κ1) is 19.9. The summed E-state index contributed by atoms with van der Waals surface area (Å²) in [5.74, 6) is -0.114. The van der Waals surface area contributed by atoms with Crippen molar-refractivity contribution in [1.82, 2.24) is 5.32 Å². The van der Waals surface area contributed by atoms with Crippen LogP contribution in [-0.4, -0.2) is 23.7 Å². The minimum absolute atomic E-state index is 0.0346. The molecule has 3 nitrogen and oxygen atoms in total. The number of aliphatic hydroxyl groups is 1. The second-order valence-corrected chi connectivity index (χ2v) is 5.74. The molecule has 0 aromatic heterocycles. The predicted molar refractivity (Wildman–Crippen MR) is 90.2 cm³/mol. The smallest absolute Gasteiger partial charge is 0.247 e. The lowest BCUT2D eigenvalue weighted by Gasteiger charge is -2.10. The molecule has 0 saturated heterocycles. The molecule has 3 heteroatoms. The van der Waals surface area contributed by atoms with Crippen LogP contribution in [0.1, 0.15) is 72.1 Å². The molecule has 0 heterocycles. The summed E-state index contributed by atoms with van der Waals surface area (Å²) in [4.78, 5) is 11.7. The number of aliphatic hydroxyl groups excluding tert-OH is 1. The van der Waals surface area contributed by atoms with E-state index in [1.165, 1.54) is 44.9 Å². The van der Waals surface area contributed by atoms with Gasteiger partial charge in [0.2, 0.25) is 5.91 Å². The third kappa shape index (κ3) is 12.4. The number of rotatable bonds is 12. The van der Waals surface area contributed by atoms with Crippen LogP contribution in [-0.2, 0) is 4.79 Å². The summed E-state index contributed by atoms with van der Waals surface area (Å²) in [7, 11) is 0. The van der Waals surface area contributed by atoms with Gasteiger partial charge in [0.05, 0.1) is 6.61 Å². The quantitative estimate of drug-likeness (QED) is 0.323. The SMILES string of the molecule is CCCCCCCCC/C=C\C=C(/C)C(=O)N[C@@H](C)CO. The molecule has 0 bridgehead atoms. The zero-order valence-corrected chi connectivity index (χ0v) is 14.0. The van der Waals surface area contributed by atoms with Crippen LogP contribution in [0.4, 0.5) is 0 Å². The second kappa shape index (κ2) is 13.9. The highest BCUT2D eigenvalue weighted by molar-refractivity contribution is 5.93. The van der Waals surface area contributed by atoms with Crippen molar-refractivity contribution in [2.24, 2.45) is 0 Å². The van der Waals surface area contributed by atoms with E-state index in [0.29, 0.717) is 5.57 Å². The Morgan fingerprint density at radius 3 is 2.38 bits per heavy atom. The summed E-state index contributed by atoms with van der Waals surface area (Å²) < 4.78 is 0. The molecule has 122 valence electrons. The average molecular weight is 295 g/mol. The number of hydrogen-bond acceptors (Lipinski definition) is 2. The Balaban J connectivity index is 3.69. The molecule has 0 aromatic rings. The fraction of sp³-hybridized carbons (Fsp3) is 0.722. The van der Waals surface area contributed by atoms with Gasteiger partial charge in [-0.15, -0.1) is 0 Å². The van der Waals surface area contributed by atoms with Crippen LogP contribution in [0.25, 0.3) is 0 Å². The van der Waals surface area contributed by atoms with E-state index in [1.54, 1.807) is 13.8 Å². The summed E-state index contributed by atoms with van der Waals surface area (Å²) in [6.45, 7) is 5.77. The summed E-state index contributed by atoms with van der Waals surface area (Å²) in [6, 6.07) is -0.197. The standard InChI is InChI=1S/C18H33NO2/c1-4-5-6-7-8-9-10-11-12-13-14-16(2)18(21)19-17(3)15-20/h12-14,17,20H,4-11,15H2,1-3H3,(H,19,21)/b13-12-,16-14+/t17-/m0/s1. The van der Waals surface area contributed by atoms with Crippen molar-refractivity contribution in [2.75, 3.05) is 6.61 Å². The van der Waals surface area contributed by atoms with E-state index in [9.17, 15) is 4.79 Å². The highest BCUT2D eigenvalue weighted by Gasteiger charge is 2.06. The molecule has 0 unspecified atom stereocenters. The zero-order valence-electron chi connectivity index (χ0n) is 14.0. The van der Waals surface area contributed by atoms with Crippen LogP contribution >= 0.6 is 0 Å². The highest BCUT2D eigenvalue weighted by Crippen LogP contribution is 2.08. The van der Waals surface area contributed by atoms with Crippen LogP contribution < -0.4 is 5.32 Å². The first-order chi connectivity index (χ1) is 10.1. The lowest BCUT2D eigenvalue weighted by molar-refractivity contribution is -0.118. The van der Waals surface area contributed by atoms with Gasteiger partial charge in [-0.25, -0.2) is 0 Å². The Hall–Kier alpha value is -1.09. The first-order valence-electron chi connectivity index (χ1n) is 8.37. The van der Waals surface area contributed by atoms with Gasteiger partial charge in [-0.3, -0.25) is 4.79 Å². The molecule has 0 aliphatic heterocycles. The van der Waals surface area contributed by atoms with Crippen LogP contribution in [0.15, 0.2) is 23.8 Å². The molecule has 0 aromatic carbocycles. The molecule has 1 amide bonds. The van der Waals surface area contributed by atoms with Gasteiger partial charge in [0.25, 0.3) is 0 Å². The Labute approximate surface area is 130 Å². The van der Waals surface area contributed by atoms with Gasteiger partial charge in [-0.05, 0) is 26.7 Å². The van der Waals surface area contributed by atoms with Crippen molar-refractivity contribution in [3.05, 3.63) is 23.8 Å². The van der Waals surface area contributed by atoms with Crippen molar-refractivity contribution >= 4 is 5.91 Å². The molecule has 21 heavy (non-hydrogen) atoms. The number of nitrogens with one attached hydrogen (secondary N) is 1. The van der Waals surface area contributed by atoms with E-state index in [2.05, 4.69) is 18.3 Å². The van der Waals surface area contributed by atoms with Gasteiger partial charge in [0.15, 0.2) is 0 Å². The minimum atomic E-state index is -0.197. The first-order valence-corrected chi connectivity index (χ1v) is 8.37. The molecule has 0 spiro atoms. The molecular formula is C18H33NO2. The van der Waals surface area contributed by atoms with E-state index in [0.717, 1.165) is 6.42 Å². The Kier molecular flexibility index (Phi) is 13.2. The van der Waals surface area contributed by atoms with Gasteiger partial charge >= 0.3 is 0 Å². The lowest BCUT2D eigenvalue weighted by Crippen LogP contribution is -2.35. The number of unbranched alkanes of at least 4 members (excludes halogenated alkanes) is 7. The fourth-order valence-corrected chi connectivity index (χ4v) is 1.99. The molecule has 0 saturated carbocycles. The molecule has 2 N–H and O–H groups in total. The largest absolute Gasteiger partial charge is 0.394 e. The van der Waals surface area contributed by atoms with Gasteiger partial charge in [-0.2, -0.15) is 0 Å². The number of carbonyl (C=O) groups excluding carboxylic acids is 1. The third-order valence-electron chi connectivity index (χ3n) is 3.47. The molecule has 0 fully saturated rings. The van der Waals surface area contributed by atoms with Gasteiger partial charge in [0.1, 0.15) is 0 Å². The van der Waals surface area contributed by atoms with Gasteiger partial charge < -0.3 is 10.4 Å². The van der Waals surface area contributed by atoms with Crippen LogP contribution in [0.5, 0.6) is 0 Å². The maximum absolute atomic E-state index is 11.7. The Morgan fingerprint density at radius 2 is 1.76 bits per heavy atom. The Morgan fingerprint density at radius 1 is 1.14 bits per heavy atom. The molecule has 0 rings (SSSR count). The van der Waals surface area contributed by atoms with Crippen LogP contribution in [0.3, 0.4) is 0 Å². The number of hydrogen-bond donors (Lipinski definition) is 2.